The molecule has 1 aromatic carbocycles. The van der Waals surface area contributed by atoms with Crippen molar-refractivity contribution in [2.45, 2.75) is 90.6 Å². The number of aliphatic hydroxyl groups is 1. The number of nitrogens with one attached hydrogen (secondary N) is 2. The highest BCUT2D eigenvalue weighted by molar-refractivity contribution is 7.13. The van der Waals surface area contributed by atoms with E-state index in [1.54, 1.807) is 22.3 Å². The van der Waals surface area contributed by atoms with Crippen LogP contribution in [0.3, 0.4) is 0 Å². The van der Waals surface area contributed by atoms with Crippen LogP contribution in [0, 0.1) is 18.3 Å². The van der Waals surface area contributed by atoms with E-state index in [0.717, 1.165) is 34.8 Å². The van der Waals surface area contributed by atoms with Crippen molar-refractivity contribution in [2.75, 3.05) is 26.2 Å². The monoisotopic (exact) mass is 678 g/mol. The minimum Gasteiger partial charge on any atom is -0.444 e. The second kappa shape index (κ2) is 12.9. The molecule has 6 rings (SSSR count). The first-order chi connectivity index (χ1) is 22.7. The number of amides is 3. The summed E-state index contributed by atoms with van der Waals surface area (Å²) in [7, 11) is 0. The molecule has 2 aromatic heterocycles. The molecule has 0 saturated carbocycles. The number of nitrogens with zero attached hydrogens (tertiary/aromatic N) is 4. The molecule has 3 aliphatic heterocycles. The Balaban J connectivity index is 1.17. The highest BCUT2D eigenvalue weighted by Gasteiger charge is 2.60. The molecule has 13 heteroatoms. The van der Waals surface area contributed by atoms with Crippen molar-refractivity contribution < 1.29 is 28.8 Å². The number of likely N-dealkylation sites (tertiary alicyclic amines) is 2. The summed E-state index contributed by atoms with van der Waals surface area (Å²) in [6, 6.07) is 8.28. The highest BCUT2D eigenvalue weighted by atomic mass is 32.1. The molecule has 5 heterocycles. The number of thiazole rings is 1. The van der Waals surface area contributed by atoms with Gasteiger partial charge in [0.2, 0.25) is 11.8 Å². The standard InChI is InChI=1S/C35H46N6O6S/c1-19(2)28(27-13-25(39-47-27)30-35(15-36-16-35)17-41(30)33(45)46-34(5,6)7)32(44)40-14-24(42)12-26(40)31(43)38-20(3)22-8-10-23(11-9-22)29-21(4)37-18-48-29/h8-11,13,18-20,24,26,28,30,36,42H,12,14-17H2,1-7H3,(H,38,43)/t20-,24+,26-,28?,30?/m0/s1. The van der Waals surface area contributed by atoms with E-state index in [0.29, 0.717) is 18.0 Å². The molecule has 0 aliphatic carbocycles. The average molecular weight is 679 g/mol. The lowest BCUT2D eigenvalue weighted by Gasteiger charge is -2.61. The van der Waals surface area contributed by atoms with Crippen LogP contribution in [0.15, 0.2) is 40.4 Å². The van der Waals surface area contributed by atoms with Gasteiger partial charge in [-0.3, -0.25) is 14.5 Å². The van der Waals surface area contributed by atoms with Crippen molar-refractivity contribution in [2.24, 2.45) is 11.3 Å². The SMILES string of the molecule is Cc1ncsc1-c1ccc([C@H](C)NC(=O)[C@@H]2C[C@@H](O)CN2C(=O)C(c2cc(C3N(C(=O)OC(C)(C)C)CC34CNC4)no2)C(C)C)cc1. The van der Waals surface area contributed by atoms with E-state index < -0.39 is 29.8 Å². The van der Waals surface area contributed by atoms with Crippen LogP contribution in [-0.4, -0.2) is 86.9 Å². The second-order valence-electron chi connectivity index (χ2n) is 14.9. The van der Waals surface area contributed by atoms with Crippen molar-refractivity contribution >= 4 is 29.2 Å². The molecule has 258 valence electrons. The lowest BCUT2D eigenvalue weighted by atomic mass is 9.66. The number of aryl methyl sites for hydroxylation is 1. The van der Waals surface area contributed by atoms with Gasteiger partial charge in [0.25, 0.3) is 0 Å². The summed E-state index contributed by atoms with van der Waals surface area (Å²) in [5.41, 5.74) is 4.56. The number of hydrogen-bond donors (Lipinski definition) is 3. The van der Waals surface area contributed by atoms with Crippen molar-refractivity contribution in [3.63, 3.8) is 0 Å². The van der Waals surface area contributed by atoms with Crippen molar-refractivity contribution in [1.82, 2.24) is 30.6 Å². The minimum absolute atomic E-state index is 0.0439. The molecule has 3 amide bonds. The van der Waals surface area contributed by atoms with Crippen molar-refractivity contribution in [1.29, 1.82) is 0 Å². The van der Waals surface area contributed by atoms with Gasteiger partial charge in [-0.1, -0.05) is 43.3 Å². The third kappa shape index (κ3) is 6.47. The first-order valence-corrected chi connectivity index (χ1v) is 17.5. The van der Waals surface area contributed by atoms with Gasteiger partial charge in [0.1, 0.15) is 29.0 Å². The zero-order chi connectivity index (χ0) is 34.5. The van der Waals surface area contributed by atoms with Crippen LogP contribution in [0.5, 0.6) is 0 Å². The maximum absolute atomic E-state index is 14.2. The van der Waals surface area contributed by atoms with E-state index in [2.05, 4.69) is 20.8 Å². The normalized spacial score (nSPS) is 23.1. The van der Waals surface area contributed by atoms with Crippen LogP contribution in [0.4, 0.5) is 4.79 Å². The number of rotatable bonds is 8. The fraction of sp³-hybridized carbons (Fsp3) is 0.571. The molecule has 3 aliphatic rings. The van der Waals surface area contributed by atoms with E-state index in [1.807, 2.05) is 78.2 Å². The molecule has 5 atom stereocenters. The van der Waals surface area contributed by atoms with E-state index in [-0.39, 0.29) is 48.2 Å². The van der Waals surface area contributed by atoms with Crippen molar-refractivity contribution in [3.8, 4) is 10.4 Å². The molecule has 3 fully saturated rings. The maximum Gasteiger partial charge on any atom is 0.410 e. The number of carbonyl (C=O) groups excluding carboxylic acids is 3. The summed E-state index contributed by atoms with van der Waals surface area (Å²) in [5, 5.41) is 21.4. The minimum atomic E-state index is -0.837. The molecule has 2 unspecified atom stereocenters. The van der Waals surface area contributed by atoms with Crippen LogP contribution >= 0.6 is 11.3 Å². The van der Waals surface area contributed by atoms with Gasteiger partial charge >= 0.3 is 6.09 Å². The number of ether oxygens (including phenoxy) is 1. The van der Waals surface area contributed by atoms with Gasteiger partial charge in [-0.15, -0.1) is 11.3 Å². The molecule has 0 radical (unpaired) electrons. The van der Waals surface area contributed by atoms with Gasteiger partial charge < -0.3 is 29.9 Å². The fourth-order valence-electron chi connectivity index (χ4n) is 7.14. The molecule has 48 heavy (non-hydrogen) atoms. The maximum atomic E-state index is 14.2. The fourth-order valence-corrected chi connectivity index (χ4v) is 7.96. The first kappa shape index (κ1) is 34.1. The quantitative estimate of drug-likeness (QED) is 0.312. The summed E-state index contributed by atoms with van der Waals surface area (Å²) in [6.07, 6.45) is -1.10. The molecular weight excluding hydrogens is 632 g/mol. The summed E-state index contributed by atoms with van der Waals surface area (Å²) < 4.78 is 11.5. The van der Waals surface area contributed by atoms with Gasteiger partial charge in [0.15, 0.2) is 0 Å². The first-order valence-electron chi connectivity index (χ1n) is 16.6. The molecule has 3 N–H and O–H groups in total. The Morgan fingerprint density at radius 2 is 1.85 bits per heavy atom. The second-order valence-corrected chi connectivity index (χ2v) is 15.7. The Bertz CT molecular complexity index is 1660. The highest BCUT2D eigenvalue weighted by Crippen LogP contribution is 2.52. The molecule has 3 saturated heterocycles. The average Bonchev–Trinajstić information content (AvgIpc) is 3.71. The number of aliphatic hydroxyl groups excluding tert-OH is 1. The smallest absolute Gasteiger partial charge is 0.410 e. The molecular formula is C35H46N6O6S. The van der Waals surface area contributed by atoms with Crippen LogP contribution in [-0.2, 0) is 14.3 Å². The third-order valence-corrected chi connectivity index (χ3v) is 10.6. The molecule has 12 nitrogen and oxygen atoms in total. The molecule has 3 aromatic rings. The summed E-state index contributed by atoms with van der Waals surface area (Å²) in [5.74, 6) is -1.19. The van der Waals surface area contributed by atoms with E-state index in [9.17, 15) is 19.5 Å². The Labute approximate surface area is 285 Å². The van der Waals surface area contributed by atoms with Gasteiger partial charge in [0, 0.05) is 44.1 Å². The Hall–Kier alpha value is -3.81. The summed E-state index contributed by atoms with van der Waals surface area (Å²) >= 11 is 1.59. The van der Waals surface area contributed by atoms with E-state index in [4.69, 9.17) is 9.26 Å². The predicted molar refractivity (Wildman–Crippen MR) is 180 cm³/mol. The van der Waals surface area contributed by atoms with E-state index >= 15 is 0 Å². The number of hydrogen-bond acceptors (Lipinski definition) is 10. The number of carbonyl (C=O) groups is 3. The number of benzene rings is 1. The number of β-amino-alcohol motifs (C(OH)–C–C–N with tert-alkyl or cyclic N) is 1. The van der Waals surface area contributed by atoms with Crippen LogP contribution in [0.1, 0.15) is 88.7 Å². The Kier molecular flexibility index (Phi) is 9.16. The van der Waals surface area contributed by atoms with Crippen LogP contribution in [0.25, 0.3) is 10.4 Å². The lowest BCUT2D eigenvalue weighted by molar-refractivity contribution is -0.141. The summed E-state index contributed by atoms with van der Waals surface area (Å²) in [6.45, 7) is 15.3. The zero-order valence-electron chi connectivity index (χ0n) is 28.6. The molecule has 1 spiro atoms. The van der Waals surface area contributed by atoms with Gasteiger partial charge in [-0.05, 0) is 51.7 Å². The largest absolute Gasteiger partial charge is 0.444 e. The zero-order valence-corrected chi connectivity index (χ0v) is 29.5. The van der Waals surface area contributed by atoms with Gasteiger partial charge in [0.05, 0.1) is 34.3 Å². The van der Waals surface area contributed by atoms with Crippen LogP contribution < -0.4 is 10.6 Å². The third-order valence-electron chi connectivity index (χ3n) is 9.67. The van der Waals surface area contributed by atoms with Gasteiger partial charge in [-0.25, -0.2) is 9.78 Å². The predicted octanol–water partition coefficient (Wildman–Crippen LogP) is 4.57. The Morgan fingerprint density at radius 1 is 1.15 bits per heavy atom. The van der Waals surface area contributed by atoms with Gasteiger partial charge in [-0.2, -0.15) is 0 Å². The van der Waals surface area contributed by atoms with Crippen molar-refractivity contribution in [3.05, 3.63) is 58.6 Å². The Morgan fingerprint density at radius 3 is 2.44 bits per heavy atom. The topological polar surface area (TPSA) is 150 Å². The van der Waals surface area contributed by atoms with E-state index in [1.165, 1.54) is 4.90 Å². The van der Waals surface area contributed by atoms with Crippen LogP contribution in [0.2, 0.25) is 0 Å². The lowest BCUT2D eigenvalue weighted by Crippen LogP contribution is -2.73. The molecule has 0 bridgehead atoms. The number of aromatic nitrogens is 2. The summed E-state index contributed by atoms with van der Waals surface area (Å²) in [4.78, 5) is 49.5.